The van der Waals surface area contributed by atoms with Crippen molar-refractivity contribution < 1.29 is 9.53 Å². The Kier molecular flexibility index (Phi) is 5.97. The number of benzene rings is 2. The average molecular weight is 377 g/mol. The first-order valence-electron chi connectivity index (χ1n) is 7.99. The number of para-hydroxylation sites is 1. The highest BCUT2D eigenvalue weighted by atomic mass is 35.5. The minimum Gasteiger partial charge on any atom is -0.378 e. The van der Waals surface area contributed by atoms with Crippen LogP contribution in [0.25, 0.3) is 6.08 Å². The summed E-state index contributed by atoms with van der Waals surface area (Å²) in [7, 11) is 0. The zero-order chi connectivity index (χ0) is 17.6. The minimum atomic E-state index is -0.216. The van der Waals surface area contributed by atoms with Gasteiger partial charge in [-0.1, -0.05) is 41.4 Å². The van der Waals surface area contributed by atoms with Gasteiger partial charge in [-0.25, -0.2) is 0 Å². The van der Waals surface area contributed by atoms with Gasteiger partial charge in [0, 0.05) is 24.2 Å². The maximum Gasteiger partial charge on any atom is 0.248 e. The van der Waals surface area contributed by atoms with Gasteiger partial charge in [-0.3, -0.25) is 4.79 Å². The molecule has 4 nitrogen and oxygen atoms in total. The minimum absolute atomic E-state index is 0.216. The molecular weight excluding hydrogens is 359 g/mol. The monoisotopic (exact) mass is 376 g/mol. The Morgan fingerprint density at radius 2 is 1.80 bits per heavy atom. The standard InChI is InChI=1S/C19H18Cl2N2O2/c20-15-7-4-14(5-8-15)6-9-18(24)22-17-3-1-2-16(21)19(17)23-10-12-25-13-11-23/h1-9H,10-13H2,(H,22,24). The van der Waals surface area contributed by atoms with Gasteiger partial charge in [-0.05, 0) is 35.9 Å². The van der Waals surface area contributed by atoms with Gasteiger partial charge in [0.15, 0.2) is 0 Å². The number of hydrogen-bond donors (Lipinski definition) is 1. The molecule has 0 spiro atoms. The van der Waals surface area contributed by atoms with Crippen LogP contribution in [0.4, 0.5) is 11.4 Å². The molecule has 0 aliphatic carbocycles. The Morgan fingerprint density at radius 1 is 1.08 bits per heavy atom. The van der Waals surface area contributed by atoms with Crippen LogP contribution in [0.5, 0.6) is 0 Å². The van der Waals surface area contributed by atoms with Gasteiger partial charge in [-0.2, -0.15) is 0 Å². The van der Waals surface area contributed by atoms with Crippen molar-refractivity contribution in [3.63, 3.8) is 0 Å². The van der Waals surface area contributed by atoms with Gasteiger partial charge in [0.2, 0.25) is 5.91 Å². The highest BCUT2D eigenvalue weighted by molar-refractivity contribution is 6.34. The molecule has 3 rings (SSSR count). The van der Waals surface area contributed by atoms with Crippen LogP contribution in [0, 0.1) is 0 Å². The molecule has 0 unspecified atom stereocenters. The molecule has 0 saturated carbocycles. The predicted molar refractivity (Wildman–Crippen MR) is 104 cm³/mol. The molecule has 2 aromatic carbocycles. The van der Waals surface area contributed by atoms with Crippen LogP contribution in [0.3, 0.4) is 0 Å². The summed E-state index contributed by atoms with van der Waals surface area (Å²) in [5, 5.41) is 4.19. The van der Waals surface area contributed by atoms with Crippen molar-refractivity contribution in [2.75, 3.05) is 36.5 Å². The summed E-state index contributed by atoms with van der Waals surface area (Å²) >= 11 is 12.2. The van der Waals surface area contributed by atoms with Gasteiger partial charge in [0.25, 0.3) is 0 Å². The van der Waals surface area contributed by atoms with Gasteiger partial charge in [0.05, 0.1) is 29.6 Å². The molecule has 0 bridgehead atoms. The molecule has 0 aromatic heterocycles. The molecule has 2 aromatic rings. The van der Waals surface area contributed by atoms with E-state index in [-0.39, 0.29) is 5.91 Å². The van der Waals surface area contributed by atoms with Crippen molar-refractivity contribution in [1.82, 2.24) is 0 Å². The molecule has 6 heteroatoms. The molecule has 1 N–H and O–H groups in total. The highest BCUT2D eigenvalue weighted by Crippen LogP contribution is 2.34. The molecule has 1 aliphatic rings. The Bertz CT molecular complexity index is 769. The molecule has 25 heavy (non-hydrogen) atoms. The second-order valence-electron chi connectivity index (χ2n) is 5.61. The highest BCUT2D eigenvalue weighted by Gasteiger charge is 2.18. The molecule has 1 heterocycles. The van der Waals surface area contributed by atoms with Crippen LogP contribution in [0.2, 0.25) is 10.0 Å². The van der Waals surface area contributed by atoms with E-state index in [0.29, 0.717) is 28.9 Å². The van der Waals surface area contributed by atoms with E-state index in [2.05, 4.69) is 10.2 Å². The normalized spacial score (nSPS) is 14.7. The second kappa shape index (κ2) is 8.39. The van der Waals surface area contributed by atoms with Gasteiger partial charge in [0.1, 0.15) is 0 Å². The molecule has 1 aliphatic heterocycles. The smallest absolute Gasteiger partial charge is 0.248 e. The largest absolute Gasteiger partial charge is 0.378 e. The van der Waals surface area contributed by atoms with Crippen LogP contribution < -0.4 is 10.2 Å². The number of ether oxygens (including phenoxy) is 1. The fourth-order valence-electron chi connectivity index (χ4n) is 2.64. The first-order chi connectivity index (χ1) is 12.1. The van der Waals surface area contributed by atoms with E-state index >= 15 is 0 Å². The zero-order valence-electron chi connectivity index (χ0n) is 13.5. The second-order valence-corrected chi connectivity index (χ2v) is 6.45. The summed E-state index contributed by atoms with van der Waals surface area (Å²) in [4.78, 5) is 14.4. The summed E-state index contributed by atoms with van der Waals surface area (Å²) in [5.41, 5.74) is 2.43. The number of hydrogen-bond acceptors (Lipinski definition) is 3. The summed E-state index contributed by atoms with van der Waals surface area (Å²) < 4.78 is 5.39. The topological polar surface area (TPSA) is 41.6 Å². The first kappa shape index (κ1) is 17.8. The molecule has 1 fully saturated rings. The number of nitrogens with one attached hydrogen (secondary N) is 1. The number of nitrogens with zero attached hydrogens (tertiary/aromatic N) is 1. The van der Waals surface area contributed by atoms with Crippen molar-refractivity contribution in [3.05, 3.63) is 64.1 Å². The van der Waals surface area contributed by atoms with E-state index in [0.717, 1.165) is 24.3 Å². The zero-order valence-corrected chi connectivity index (χ0v) is 15.1. The van der Waals surface area contributed by atoms with Crippen molar-refractivity contribution in [3.8, 4) is 0 Å². The van der Waals surface area contributed by atoms with E-state index < -0.39 is 0 Å². The number of morpholine rings is 1. The number of rotatable bonds is 4. The van der Waals surface area contributed by atoms with Crippen molar-refractivity contribution >= 4 is 46.6 Å². The maximum absolute atomic E-state index is 12.3. The molecule has 1 saturated heterocycles. The van der Waals surface area contributed by atoms with Gasteiger partial charge < -0.3 is 15.0 Å². The quantitative estimate of drug-likeness (QED) is 0.799. The lowest BCUT2D eigenvalue weighted by Gasteiger charge is -2.31. The number of carbonyl (C=O) groups excluding carboxylic acids is 1. The molecule has 130 valence electrons. The van der Waals surface area contributed by atoms with Crippen molar-refractivity contribution in [2.24, 2.45) is 0 Å². The summed E-state index contributed by atoms with van der Waals surface area (Å²) in [6.45, 7) is 2.78. The SMILES string of the molecule is O=C(C=Cc1ccc(Cl)cc1)Nc1cccc(Cl)c1N1CCOCC1. The fraction of sp³-hybridized carbons (Fsp3) is 0.211. The number of anilines is 2. The summed E-state index contributed by atoms with van der Waals surface area (Å²) in [5.74, 6) is -0.216. The van der Waals surface area contributed by atoms with Crippen LogP contribution in [0.15, 0.2) is 48.5 Å². The lowest BCUT2D eigenvalue weighted by molar-refractivity contribution is -0.111. The van der Waals surface area contributed by atoms with Gasteiger partial charge >= 0.3 is 0 Å². The van der Waals surface area contributed by atoms with E-state index in [9.17, 15) is 4.79 Å². The fourth-order valence-corrected chi connectivity index (χ4v) is 3.06. The molecule has 0 radical (unpaired) electrons. The van der Waals surface area contributed by atoms with E-state index in [1.807, 2.05) is 30.3 Å². The number of halogens is 2. The van der Waals surface area contributed by atoms with Crippen molar-refractivity contribution in [1.29, 1.82) is 0 Å². The van der Waals surface area contributed by atoms with E-state index in [1.165, 1.54) is 6.08 Å². The molecular formula is C19H18Cl2N2O2. The summed E-state index contributed by atoms with van der Waals surface area (Å²) in [6.07, 6.45) is 3.23. The maximum atomic E-state index is 12.3. The summed E-state index contributed by atoms with van der Waals surface area (Å²) in [6, 6.07) is 12.8. The number of amides is 1. The van der Waals surface area contributed by atoms with Gasteiger partial charge in [-0.15, -0.1) is 0 Å². The third-order valence-corrected chi connectivity index (χ3v) is 4.43. The van der Waals surface area contributed by atoms with Crippen LogP contribution in [0.1, 0.15) is 5.56 Å². The average Bonchev–Trinajstić information content (AvgIpc) is 2.62. The van der Waals surface area contributed by atoms with Crippen molar-refractivity contribution in [2.45, 2.75) is 0 Å². The number of carbonyl (C=O) groups is 1. The third-order valence-electron chi connectivity index (χ3n) is 3.87. The molecule has 0 atom stereocenters. The Hall–Kier alpha value is -2.01. The predicted octanol–water partition coefficient (Wildman–Crippen LogP) is 4.48. The van der Waals surface area contributed by atoms with Crippen LogP contribution in [-0.4, -0.2) is 32.2 Å². The first-order valence-corrected chi connectivity index (χ1v) is 8.75. The lowest BCUT2D eigenvalue weighted by atomic mass is 10.2. The van der Waals surface area contributed by atoms with Crippen LogP contribution >= 0.6 is 23.2 Å². The van der Waals surface area contributed by atoms with Crippen LogP contribution in [-0.2, 0) is 9.53 Å². The van der Waals surface area contributed by atoms with E-state index in [4.69, 9.17) is 27.9 Å². The Balaban J connectivity index is 1.74. The Morgan fingerprint density at radius 3 is 2.52 bits per heavy atom. The third kappa shape index (κ3) is 4.75. The Labute approximate surface area is 157 Å². The molecule has 1 amide bonds. The lowest BCUT2D eigenvalue weighted by Crippen LogP contribution is -2.37. The van der Waals surface area contributed by atoms with E-state index in [1.54, 1.807) is 18.2 Å².